The highest BCUT2D eigenvalue weighted by Crippen LogP contribution is 2.39. The highest BCUT2D eigenvalue weighted by Gasteiger charge is 2.57. The second-order valence-corrected chi connectivity index (χ2v) is 7.98. The van der Waals surface area contributed by atoms with Crippen LogP contribution in [0.3, 0.4) is 0 Å². The summed E-state index contributed by atoms with van der Waals surface area (Å²) in [5.74, 6) is -2.27. The monoisotopic (exact) mass is 430 g/mol. The summed E-state index contributed by atoms with van der Waals surface area (Å²) in [7, 11) is -0.264. The van der Waals surface area contributed by atoms with E-state index in [1.54, 1.807) is 13.0 Å². The quantitative estimate of drug-likeness (QED) is 0.228. The highest BCUT2D eigenvalue weighted by atomic mass is 16.5. The molecule has 0 saturated carbocycles. The third-order valence-electron chi connectivity index (χ3n) is 6.25. The molecule has 0 radical (unpaired) electrons. The second kappa shape index (κ2) is 7.45. The number of fused-ring (bicyclic) bond motifs is 1. The molecule has 0 unspecified atom stereocenters. The van der Waals surface area contributed by atoms with E-state index in [2.05, 4.69) is 5.32 Å². The van der Waals surface area contributed by atoms with E-state index in [1.165, 1.54) is 13.2 Å². The number of benzene rings is 1. The maximum Gasteiger partial charge on any atom is 0.547 e. The minimum absolute atomic E-state index is 0.0351. The predicted octanol–water partition coefficient (Wildman–Crippen LogP) is 0.100. The number of nitrogens with zero attached hydrogens (tertiary/aromatic N) is 2. The van der Waals surface area contributed by atoms with Crippen molar-refractivity contribution in [1.82, 2.24) is 15.1 Å². The number of hydrogen-bond donors (Lipinski definition) is 4. The molecule has 11 nitrogen and oxygen atoms in total. The SMILES string of the molecule is COc1ccc2c(c1C(=O)O)OB(O)[C@@H](N1C(=O)NC3(CCN(C(C)=N)CC3)C1=O)C2. The number of urea groups is 1. The zero-order valence-corrected chi connectivity index (χ0v) is 17.2. The highest BCUT2D eigenvalue weighted by molar-refractivity contribution is 6.47. The fourth-order valence-corrected chi connectivity index (χ4v) is 4.53. The maximum atomic E-state index is 13.3. The average Bonchev–Trinajstić information content (AvgIpc) is 2.96. The van der Waals surface area contributed by atoms with Gasteiger partial charge in [0, 0.05) is 13.1 Å². The van der Waals surface area contributed by atoms with Crippen molar-refractivity contribution in [1.29, 1.82) is 5.41 Å². The minimum atomic E-state index is -1.59. The lowest BCUT2D eigenvalue weighted by Crippen LogP contribution is -2.58. The first kappa shape index (κ1) is 21.0. The summed E-state index contributed by atoms with van der Waals surface area (Å²) in [4.78, 5) is 40.6. The van der Waals surface area contributed by atoms with Crippen molar-refractivity contribution in [3.8, 4) is 11.5 Å². The zero-order chi connectivity index (χ0) is 22.5. The number of ether oxygens (including phenoxy) is 1. The van der Waals surface area contributed by atoms with Crippen molar-refractivity contribution in [2.24, 2.45) is 0 Å². The van der Waals surface area contributed by atoms with Crippen molar-refractivity contribution in [2.45, 2.75) is 37.7 Å². The number of methoxy groups -OCH3 is 1. The Balaban J connectivity index is 1.61. The van der Waals surface area contributed by atoms with Gasteiger partial charge >= 0.3 is 19.1 Å². The van der Waals surface area contributed by atoms with Crippen LogP contribution in [0.15, 0.2) is 12.1 Å². The second-order valence-electron chi connectivity index (χ2n) is 7.98. The third-order valence-corrected chi connectivity index (χ3v) is 6.25. The van der Waals surface area contributed by atoms with Gasteiger partial charge in [-0.05, 0) is 37.8 Å². The van der Waals surface area contributed by atoms with Crippen LogP contribution in [0.4, 0.5) is 4.79 Å². The molecular formula is C19H23BN4O7. The number of amidine groups is 1. The number of likely N-dealkylation sites (tertiary alicyclic amines) is 1. The topological polar surface area (TPSA) is 152 Å². The summed E-state index contributed by atoms with van der Waals surface area (Å²) in [6, 6.07) is 2.45. The number of piperidine rings is 1. The number of carbonyl (C=O) groups excluding carboxylic acids is 2. The smallest absolute Gasteiger partial charge is 0.534 e. The summed E-state index contributed by atoms with van der Waals surface area (Å²) < 4.78 is 10.6. The Morgan fingerprint density at radius 3 is 2.61 bits per heavy atom. The van der Waals surface area contributed by atoms with Crippen LogP contribution in [-0.2, 0) is 11.2 Å². The van der Waals surface area contributed by atoms with Crippen LogP contribution < -0.4 is 14.7 Å². The first-order chi connectivity index (χ1) is 14.7. The van der Waals surface area contributed by atoms with Gasteiger partial charge in [0.25, 0.3) is 5.91 Å². The van der Waals surface area contributed by atoms with Crippen LogP contribution in [-0.4, -0.2) is 82.5 Å². The molecule has 164 valence electrons. The summed E-state index contributed by atoms with van der Waals surface area (Å²) in [6.45, 7) is 2.60. The molecular weight excluding hydrogens is 407 g/mol. The molecule has 0 bridgehead atoms. The van der Waals surface area contributed by atoms with E-state index in [0.717, 1.165) is 4.90 Å². The molecule has 4 N–H and O–H groups in total. The molecule has 2 saturated heterocycles. The molecule has 0 aliphatic carbocycles. The Kier molecular flexibility index (Phi) is 5.04. The van der Waals surface area contributed by atoms with Crippen LogP contribution in [0, 0.1) is 5.41 Å². The van der Waals surface area contributed by atoms with Crippen LogP contribution in [0.5, 0.6) is 11.5 Å². The lowest BCUT2D eigenvalue weighted by Gasteiger charge is -2.38. The molecule has 3 aliphatic heterocycles. The summed E-state index contributed by atoms with van der Waals surface area (Å²) in [6.07, 6.45) is 0.748. The molecule has 1 aromatic carbocycles. The standard InChI is InChI=1S/C19H23BN4O7/c1-10(21)23-7-5-19(6-8-23)17(27)24(18(28)22-19)13-9-11-3-4-12(30-2)14(16(25)26)15(11)31-20(13)29/h3-4,13,21,29H,5-9H2,1-2H3,(H,22,28)(H,25,26)/t13-/m0/s1. The van der Waals surface area contributed by atoms with Crippen molar-refractivity contribution in [2.75, 3.05) is 20.2 Å². The molecule has 3 aliphatic rings. The molecule has 1 atom stereocenters. The fourth-order valence-electron chi connectivity index (χ4n) is 4.53. The van der Waals surface area contributed by atoms with Crippen LogP contribution in [0.25, 0.3) is 0 Å². The van der Waals surface area contributed by atoms with E-state index in [-0.39, 0.29) is 23.5 Å². The molecule has 1 spiro atoms. The maximum absolute atomic E-state index is 13.3. The van der Waals surface area contributed by atoms with Crippen molar-refractivity contribution >= 4 is 30.9 Å². The molecule has 12 heteroatoms. The first-order valence-electron chi connectivity index (χ1n) is 9.92. The van der Waals surface area contributed by atoms with E-state index in [4.69, 9.17) is 14.8 Å². The Labute approximate surface area is 178 Å². The number of nitrogens with one attached hydrogen (secondary N) is 2. The fraction of sp³-hybridized carbons (Fsp3) is 0.474. The van der Waals surface area contributed by atoms with Gasteiger partial charge in [-0.1, -0.05) is 6.07 Å². The van der Waals surface area contributed by atoms with Gasteiger partial charge in [-0.2, -0.15) is 0 Å². The minimum Gasteiger partial charge on any atom is -0.534 e. The lowest BCUT2D eigenvalue weighted by atomic mass is 9.71. The summed E-state index contributed by atoms with van der Waals surface area (Å²) in [5, 5.41) is 30.7. The Morgan fingerprint density at radius 2 is 2.03 bits per heavy atom. The van der Waals surface area contributed by atoms with E-state index in [0.29, 0.717) is 37.3 Å². The molecule has 3 heterocycles. The van der Waals surface area contributed by atoms with Gasteiger partial charge in [-0.25, -0.2) is 9.59 Å². The van der Waals surface area contributed by atoms with Gasteiger partial charge < -0.3 is 29.7 Å². The van der Waals surface area contributed by atoms with Gasteiger partial charge in [0.2, 0.25) is 0 Å². The van der Waals surface area contributed by atoms with Gasteiger partial charge in [0.1, 0.15) is 22.6 Å². The number of aromatic carboxylic acids is 1. The van der Waals surface area contributed by atoms with Gasteiger partial charge in [-0.15, -0.1) is 0 Å². The van der Waals surface area contributed by atoms with E-state index >= 15 is 0 Å². The number of imide groups is 1. The van der Waals surface area contributed by atoms with Crippen molar-refractivity contribution in [3.05, 3.63) is 23.3 Å². The van der Waals surface area contributed by atoms with Crippen molar-refractivity contribution < 1.29 is 33.9 Å². The number of carboxylic acids is 1. The summed E-state index contributed by atoms with van der Waals surface area (Å²) in [5.41, 5.74) is -0.848. The predicted molar refractivity (Wildman–Crippen MR) is 108 cm³/mol. The van der Waals surface area contributed by atoms with Crippen LogP contribution in [0.1, 0.15) is 35.7 Å². The van der Waals surface area contributed by atoms with Crippen LogP contribution in [0.2, 0.25) is 0 Å². The molecule has 2 fully saturated rings. The lowest BCUT2D eigenvalue weighted by molar-refractivity contribution is -0.133. The molecule has 3 amide bonds. The number of rotatable bonds is 3. The normalized spacial score (nSPS) is 22.2. The van der Waals surface area contributed by atoms with E-state index < -0.39 is 36.5 Å². The number of carboxylic acid groups (broad SMARTS) is 1. The summed E-state index contributed by atoms with van der Waals surface area (Å²) >= 11 is 0. The van der Waals surface area contributed by atoms with Gasteiger partial charge in [-0.3, -0.25) is 15.1 Å². The zero-order valence-electron chi connectivity index (χ0n) is 17.2. The third kappa shape index (κ3) is 3.27. The van der Waals surface area contributed by atoms with Gasteiger partial charge in [0.15, 0.2) is 0 Å². The Bertz CT molecular complexity index is 976. The van der Waals surface area contributed by atoms with E-state index in [1.807, 2.05) is 4.90 Å². The number of amides is 3. The molecule has 31 heavy (non-hydrogen) atoms. The largest absolute Gasteiger partial charge is 0.547 e. The first-order valence-corrected chi connectivity index (χ1v) is 9.92. The van der Waals surface area contributed by atoms with Crippen LogP contribution >= 0.6 is 0 Å². The molecule has 0 aromatic heterocycles. The Morgan fingerprint density at radius 1 is 1.35 bits per heavy atom. The number of hydrogen-bond acceptors (Lipinski definition) is 7. The molecule has 4 rings (SSSR count). The van der Waals surface area contributed by atoms with E-state index in [9.17, 15) is 24.5 Å². The molecule has 1 aromatic rings. The van der Waals surface area contributed by atoms with Gasteiger partial charge in [0.05, 0.1) is 18.9 Å². The Hall–Kier alpha value is -3.28. The number of carbonyl (C=O) groups is 3. The average molecular weight is 430 g/mol. The van der Waals surface area contributed by atoms with Crippen molar-refractivity contribution in [3.63, 3.8) is 0 Å².